The Morgan fingerprint density at radius 1 is 1.18 bits per heavy atom. The van der Waals surface area contributed by atoms with Crippen LogP contribution in [-0.4, -0.2) is 34.6 Å². The molecule has 0 bridgehead atoms. The molecule has 1 aromatic heterocycles. The van der Waals surface area contributed by atoms with Crippen molar-refractivity contribution in [1.29, 1.82) is 0 Å². The lowest BCUT2D eigenvalue weighted by molar-refractivity contribution is -0.201. The van der Waals surface area contributed by atoms with E-state index in [9.17, 15) is 18.0 Å². The second-order valence-electron chi connectivity index (χ2n) is 6.90. The van der Waals surface area contributed by atoms with Crippen LogP contribution in [0.3, 0.4) is 0 Å². The van der Waals surface area contributed by atoms with Crippen LogP contribution in [-0.2, 0) is 24.5 Å². The Labute approximate surface area is 159 Å². The van der Waals surface area contributed by atoms with Crippen molar-refractivity contribution < 1.29 is 22.7 Å². The average molecular weight is 392 g/mol. The van der Waals surface area contributed by atoms with Crippen molar-refractivity contribution >= 4 is 5.91 Å². The minimum absolute atomic E-state index is 0.0249. The zero-order chi connectivity index (χ0) is 19.7. The summed E-state index contributed by atoms with van der Waals surface area (Å²) in [5.74, 6) is -2.47. The average Bonchev–Trinajstić information content (AvgIpc) is 3.11. The van der Waals surface area contributed by atoms with Gasteiger partial charge in [-0.1, -0.05) is 12.1 Å². The molecule has 1 amide bonds. The number of aromatic nitrogens is 1. The summed E-state index contributed by atoms with van der Waals surface area (Å²) in [6.45, 7) is 1.01. The van der Waals surface area contributed by atoms with E-state index >= 15 is 0 Å². The number of carbonyl (C=O) groups excluding carboxylic acids is 1. The first kappa shape index (κ1) is 18.7. The molecule has 1 aromatic carbocycles. The SMILES string of the molecule is O=C1NNCC(N2Cc3cccc(OCc4ccncc4)c3C2)C1C(F)(F)F. The van der Waals surface area contributed by atoms with E-state index in [4.69, 9.17) is 4.74 Å². The van der Waals surface area contributed by atoms with Gasteiger partial charge in [0.15, 0.2) is 5.92 Å². The van der Waals surface area contributed by atoms with Gasteiger partial charge in [-0.05, 0) is 29.3 Å². The van der Waals surface area contributed by atoms with Crippen LogP contribution in [0.15, 0.2) is 42.7 Å². The number of fused-ring (bicyclic) bond motifs is 1. The number of rotatable bonds is 4. The fraction of sp³-hybridized carbons (Fsp3) is 0.368. The third-order valence-electron chi connectivity index (χ3n) is 5.12. The van der Waals surface area contributed by atoms with Crippen LogP contribution in [0.4, 0.5) is 13.2 Å². The van der Waals surface area contributed by atoms with E-state index in [1.54, 1.807) is 17.3 Å². The molecule has 2 atom stereocenters. The van der Waals surface area contributed by atoms with Crippen LogP contribution in [0, 0.1) is 5.92 Å². The molecule has 0 saturated carbocycles. The summed E-state index contributed by atoms with van der Waals surface area (Å²) in [6.07, 6.45) is -1.26. The summed E-state index contributed by atoms with van der Waals surface area (Å²) >= 11 is 0. The quantitative estimate of drug-likeness (QED) is 0.835. The maximum absolute atomic E-state index is 13.5. The number of benzene rings is 1. The molecule has 2 aromatic rings. The standard InChI is InChI=1S/C19H19F3N4O2/c20-19(21,22)17-15(8-24-25-18(17)27)26-9-13-2-1-3-16(14(13)10-26)28-11-12-4-6-23-7-5-12/h1-7,15,17,24H,8-11H2,(H,25,27). The van der Waals surface area contributed by atoms with E-state index in [2.05, 4.69) is 15.8 Å². The summed E-state index contributed by atoms with van der Waals surface area (Å²) < 4.78 is 46.3. The molecule has 2 aliphatic heterocycles. The molecule has 0 radical (unpaired) electrons. The van der Waals surface area contributed by atoms with Gasteiger partial charge in [-0.3, -0.25) is 20.1 Å². The number of carbonyl (C=O) groups is 1. The Morgan fingerprint density at radius 2 is 1.96 bits per heavy atom. The number of ether oxygens (including phenoxy) is 1. The minimum atomic E-state index is -4.60. The number of pyridine rings is 1. The minimum Gasteiger partial charge on any atom is -0.489 e. The summed E-state index contributed by atoms with van der Waals surface area (Å²) in [5.41, 5.74) is 7.40. The lowest BCUT2D eigenvalue weighted by atomic mass is 9.95. The predicted molar refractivity (Wildman–Crippen MR) is 93.7 cm³/mol. The molecule has 3 heterocycles. The first-order valence-electron chi connectivity index (χ1n) is 8.89. The number of hydrogen-bond acceptors (Lipinski definition) is 5. The van der Waals surface area contributed by atoms with Crippen molar-refractivity contribution in [3.8, 4) is 5.75 Å². The smallest absolute Gasteiger partial charge is 0.402 e. The summed E-state index contributed by atoms with van der Waals surface area (Å²) in [5, 5.41) is 0. The van der Waals surface area contributed by atoms with E-state index in [1.165, 1.54) is 0 Å². The highest BCUT2D eigenvalue weighted by molar-refractivity contribution is 5.80. The number of halogens is 3. The van der Waals surface area contributed by atoms with Gasteiger partial charge in [0.05, 0.1) is 0 Å². The largest absolute Gasteiger partial charge is 0.489 e. The van der Waals surface area contributed by atoms with Gasteiger partial charge < -0.3 is 4.74 Å². The molecule has 9 heteroatoms. The maximum Gasteiger partial charge on any atom is 0.402 e. The van der Waals surface area contributed by atoms with Crippen molar-refractivity contribution in [2.75, 3.05) is 6.54 Å². The van der Waals surface area contributed by atoms with Crippen LogP contribution in [0.1, 0.15) is 16.7 Å². The highest BCUT2D eigenvalue weighted by Crippen LogP contribution is 2.38. The Morgan fingerprint density at radius 3 is 2.71 bits per heavy atom. The van der Waals surface area contributed by atoms with Gasteiger partial charge in [0.2, 0.25) is 5.91 Å². The van der Waals surface area contributed by atoms with E-state index in [-0.39, 0.29) is 6.54 Å². The normalized spacial score (nSPS) is 22.6. The number of hydrogen-bond donors (Lipinski definition) is 2. The van der Waals surface area contributed by atoms with Crippen LogP contribution >= 0.6 is 0 Å². The maximum atomic E-state index is 13.5. The molecule has 2 unspecified atom stereocenters. The Hall–Kier alpha value is -2.65. The van der Waals surface area contributed by atoms with Crippen LogP contribution in [0.5, 0.6) is 5.75 Å². The van der Waals surface area contributed by atoms with Crippen molar-refractivity contribution in [3.63, 3.8) is 0 Å². The van der Waals surface area contributed by atoms with Crippen LogP contribution < -0.4 is 15.6 Å². The van der Waals surface area contributed by atoms with E-state index in [0.717, 1.165) is 16.7 Å². The first-order valence-corrected chi connectivity index (χ1v) is 8.89. The zero-order valence-corrected chi connectivity index (χ0v) is 14.9. The second kappa shape index (κ2) is 7.40. The monoisotopic (exact) mass is 392 g/mol. The molecule has 2 aliphatic rings. The Bertz CT molecular complexity index is 860. The van der Waals surface area contributed by atoms with Crippen molar-refractivity contribution in [2.45, 2.75) is 31.9 Å². The summed E-state index contributed by atoms with van der Waals surface area (Å²) in [4.78, 5) is 17.5. The third-order valence-corrected chi connectivity index (χ3v) is 5.12. The number of amides is 1. The molecule has 1 saturated heterocycles. The molecule has 2 N–H and O–H groups in total. The van der Waals surface area contributed by atoms with E-state index in [0.29, 0.717) is 25.4 Å². The van der Waals surface area contributed by atoms with Gasteiger partial charge in [0, 0.05) is 43.6 Å². The first-order chi connectivity index (χ1) is 13.4. The lowest BCUT2D eigenvalue weighted by Gasteiger charge is -2.38. The summed E-state index contributed by atoms with van der Waals surface area (Å²) in [7, 11) is 0. The van der Waals surface area contributed by atoms with Crippen molar-refractivity contribution in [1.82, 2.24) is 20.7 Å². The molecule has 1 fully saturated rings. The Balaban J connectivity index is 1.52. The van der Waals surface area contributed by atoms with Crippen molar-refractivity contribution in [2.24, 2.45) is 5.92 Å². The highest BCUT2D eigenvalue weighted by atomic mass is 19.4. The van der Waals surface area contributed by atoms with E-state index < -0.39 is 24.0 Å². The number of nitrogens with one attached hydrogen (secondary N) is 2. The van der Waals surface area contributed by atoms with Gasteiger partial charge in [-0.2, -0.15) is 13.2 Å². The number of alkyl halides is 3. The molecule has 0 spiro atoms. The molecule has 28 heavy (non-hydrogen) atoms. The Kier molecular flexibility index (Phi) is 4.94. The van der Waals surface area contributed by atoms with Crippen molar-refractivity contribution in [3.05, 3.63) is 59.4 Å². The van der Waals surface area contributed by atoms with E-state index in [1.807, 2.05) is 30.3 Å². The highest BCUT2D eigenvalue weighted by Gasteiger charge is 2.53. The van der Waals surface area contributed by atoms with Crippen LogP contribution in [0.2, 0.25) is 0 Å². The molecular weight excluding hydrogens is 373 g/mol. The topological polar surface area (TPSA) is 66.5 Å². The van der Waals surface area contributed by atoms with Crippen LogP contribution in [0.25, 0.3) is 0 Å². The zero-order valence-electron chi connectivity index (χ0n) is 14.9. The fourth-order valence-corrected chi connectivity index (χ4v) is 3.75. The molecule has 148 valence electrons. The molecule has 4 rings (SSSR count). The third kappa shape index (κ3) is 3.67. The number of hydrazine groups is 1. The molecular formula is C19H19F3N4O2. The van der Waals surface area contributed by atoms with Gasteiger partial charge in [0.25, 0.3) is 0 Å². The summed E-state index contributed by atoms with van der Waals surface area (Å²) in [6, 6.07) is 8.24. The molecule has 0 aliphatic carbocycles. The van der Waals surface area contributed by atoms with Gasteiger partial charge in [0.1, 0.15) is 12.4 Å². The fourth-order valence-electron chi connectivity index (χ4n) is 3.75. The number of nitrogens with zero attached hydrogens (tertiary/aromatic N) is 2. The lowest BCUT2D eigenvalue weighted by Crippen LogP contribution is -2.63. The molecule has 6 nitrogen and oxygen atoms in total. The van der Waals surface area contributed by atoms with Gasteiger partial charge in [-0.25, -0.2) is 5.43 Å². The van der Waals surface area contributed by atoms with Gasteiger partial charge in [-0.15, -0.1) is 0 Å². The second-order valence-corrected chi connectivity index (χ2v) is 6.90. The predicted octanol–water partition coefficient (Wildman–Crippen LogP) is 2.16. The van der Waals surface area contributed by atoms with Gasteiger partial charge >= 0.3 is 6.18 Å².